The smallest absolute Gasteiger partial charge is 0.478 e. The van der Waals surface area contributed by atoms with Crippen molar-refractivity contribution in [1.29, 1.82) is 0 Å². The molecule has 3 N–H and O–H groups in total. The maximum Gasteiger partial charge on any atom is 0.490 e. The van der Waals surface area contributed by atoms with Crippen LogP contribution in [-0.2, 0) is 9.53 Å². The summed E-state index contributed by atoms with van der Waals surface area (Å²) in [5.74, 6) is -2.93. The lowest BCUT2D eigenvalue weighted by atomic mass is 10.1. The molecule has 1 atom stereocenters. The highest BCUT2D eigenvalue weighted by Gasteiger charge is 2.38. The fraction of sp³-hybridized carbons (Fsp3) is 0.423. The number of aliphatic carboxylic acids is 1. The number of benzene rings is 2. The summed E-state index contributed by atoms with van der Waals surface area (Å²) in [6, 6.07) is 15.7. The fourth-order valence-electron chi connectivity index (χ4n) is 3.81. The van der Waals surface area contributed by atoms with Gasteiger partial charge in [-0.15, -0.1) is 0 Å². The number of guanidine groups is 1. The third-order valence-corrected chi connectivity index (χ3v) is 5.64. The zero-order valence-corrected chi connectivity index (χ0v) is 21.5. The number of ether oxygens (including phenoxy) is 1. The Morgan fingerprint density at radius 1 is 1.13 bits per heavy atom. The molecule has 1 aliphatic heterocycles. The Morgan fingerprint density at radius 3 is 2.39 bits per heavy atom. The number of methoxy groups -OCH3 is 1. The van der Waals surface area contributed by atoms with Gasteiger partial charge in [0.25, 0.3) is 0 Å². The largest absolute Gasteiger partial charge is 0.490 e. The summed E-state index contributed by atoms with van der Waals surface area (Å²) in [4.78, 5) is 29.7. The number of rotatable bonds is 7. The molecule has 1 unspecified atom stereocenters. The van der Waals surface area contributed by atoms with Crippen LogP contribution >= 0.6 is 0 Å². The van der Waals surface area contributed by atoms with Crippen molar-refractivity contribution < 1.29 is 37.7 Å². The van der Waals surface area contributed by atoms with Crippen molar-refractivity contribution in [3.8, 4) is 0 Å². The highest BCUT2D eigenvalue weighted by Crippen LogP contribution is 2.22. The topological polar surface area (TPSA) is 115 Å². The Hall–Kier alpha value is -3.80. The standard InChI is InChI=1S/C24H32N4O3.C2HF3O2/c1-18-7-4-10-22(15-18)28-13-12-27(17-19(28)2)24(25-11-6-14-31-3)26-21-9-5-8-20(16-21)23(29)30;3-2(4,5)1(6)7/h4-5,7-10,15-16,19H,6,11-14,17H2,1-3H3,(H,25,26)(H,29,30);(H,6,7). The number of alkyl halides is 3. The maximum atomic E-state index is 11.3. The van der Waals surface area contributed by atoms with Crippen molar-refractivity contribution >= 4 is 29.3 Å². The second-order valence-corrected chi connectivity index (χ2v) is 8.69. The molecule has 0 aliphatic carbocycles. The fourth-order valence-corrected chi connectivity index (χ4v) is 3.81. The average molecular weight is 539 g/mol. The Balaban J connectivity index is 0.000000638. The van der Waals surface area contributed by atoms with Gasteiger partial charge in [0.05, 0.1) is 5.56 Å². The number of carboxylic acids is 2. The van der Waals surface area contributed by atoms with E-state index in [0.717, 1.165) is 37.7 Å². The van der Waals surface area contributed by atoms with E-state index in [1.807, 2.05) is 6.07 Å². The molecule has 1 aliphatic rings. The van der Waals surface area contributed by atoms with Crippen LogP contribution in [0, 0.1) is 6.92 Å². The number of anilines is 2. The Bertz CT molecular complexity index is 1110. The van der Waals surface area contributed by atoms with E-state index in [-0.39, 0.29) is 5.56 Å². The van der Waals surface area contributed by atoms with E-state index >= 15 is 0 Å². The number of aromatic carboxylic acids is 1. The zero-order valence-electron chi connectivity index (χ0n) is 21.5. The Kier molecular flexibility index (Phi) is 11.4. The van der Waals surface area contributed by atoms with E-state index in [9.17, 15) is 23.1 Å². The highest BCUT2D eigenvalue weighted by molar-refractivity contribution is 5.96. The molecule has 2 aromatic carbocycles. The van der Waals surface area contributed by atoms with Crippen LogP contribution in [0.15, 0.2) is 53.5 Å². The first-order valence-corrected chi connectivity index (χ1v) is 11.9. The first kappa shape index (κ1) is 30.4. The van der Waals surface area contributed by atoms with Gasteiger partial charge in [0.1, 0.15) is 0 Å². The molecule has 38 heavy (non-hydrogen) atoms. The van der Waals surface area contributed by atoms with Crippen molar-refractivity contribution in [1.82, 2.24) is 4.90 Å². The first-order chi connectivity index (χ1) is 17.9. The predicted molar refractivity (Wildman–Crippen MR) is 139 cm³/mol. The van der Waals surface area contributed by atoms with E-state index in [4.69, 9.17) is 19.6 Å². The van der Waals surface area contributed by atoms with Gasteiger partial charge in [-0.05, 0) is 56.2 Å². The minimum atomic E-state index is -5.08. The number of nitrogens with one attached hydrogen (secondary N) is 1. The Labute approximate surface area is 219 Å². The average Bonchev–Trinajstić information content (AvgIpc) is 2.85. The molecule has 0 saturated carbocycles. The number of aryl methyl sites for hydroxylation is 1. The number of halogens is 3. The molecule has 2 aromatic rings. The molecule has 0 radical (unpaired) electrons. The van der Waals surface area contributed by atoms with Crippen molar-refractivity contribution in [3.05, 3.63) is 59.7 Å². The first-order valence-electron chi connectivity index (χ1n) is 11.9. The molecule has 208 valence electrons. The van der Waals surface area contributed by atoms with Gasteiger partial charge in [0.15, 0.2) is 5.96 Å². The zero-order chi connectivity index (χ0) is 28.3. The molecular weight excluding hydrogens is 505 g/mol. The van der Waals surface area contributed by atoms with Gasteiger partial charge in [0.2, 0.25) is 0 Å². The van der Waals surface area contributed by atoms with Gasteiger partial charge < -0.3 is 30.1 Å². The molecule has 0 aromatic heterocycles. The highest BCUT2D eigenvalue weighted by atomic mass is 19.4. The van der Waals surface area contributed by atoms with E-state index in [1.165, 1.54) is 11.3 Å². The summed E-state index contributed by atoms with van der Waals surface area (Å²) in [6.07, 6.45) is -4.25. The van der Waals surface area contributed by atoms with E-state index in [1.54, 1.807) is 25.3 Å². The number of hydrogen-bond donors (Lipinski definition) is 3. The maximum absolute atomic E-state index is 11.3. The minimum Gasteiger partial charge on any atom is -0.478 e. The van der Waals surface area contributed by atoms with Crippen molar-refractivity contribution in [3.63, 3.8) is 0 Å². The van der Waals surface area contributed by atoms with Gasteiger partial charge >= 0.3 is 18.1 Å². The summed E-state index contributed by atoms with van der Waals surface area (Å²) in [5.41, 5.74) is 3.47. The third kappa shape index (κ3) is 9.58. The molecule has 0 bridgehead atoms. The summed E-state index contributed by atoms with van der Waals surface area (Å²) in [5, 5.41) is 19.8. The molecule has 9 nitrogen and oxygen atoms in total. The number of nitrogens with zero attached hydrogens (tertiary/aromatic N) is 3. The molecule has 1 heterocycles. The van der Waals surface area contributed by atoms with Crippen LogP contribution in [0.5, 0.6) is 0 Å². The van der Waals surface area contributed by atoms with Gasteiger partial charge in [-0.3, -0.25) is 4.99 Å². The third-order valence-electron chi connectivity index (χ3n) is 5.64. The van der Waals surface area contributed by atoms with Gasteiger partial charge in [0, 0.05) is 57.3 Å². The molecule has 1 fully saturated rings. The van der Waals surface area contributed by atoms with Crippen LogP contribution in [0.3, 0.4) is 0 Å². The van der Waals surface area contributed by atoms with E-state index in [0.29, 0.717) is 19.2 Å². The summed E-state index contributed by atoms with van der Waals surface area (Å²) < 4.78 is 36.9. The number of piperazine rings is 1. The number of carboxylic acid groups (broad SMARTS) is 2. The molecule has 3 rings (SSSR count). The minimum absolute atomic E-state index is 0.251. The quantitative estimate of drug-likeness (QED) is 0.271. The van der Waals surface area contributed by atoms with Crippen LogP contribution in [0.1, 0.15) is 29.3 Å². The lowest BCUT2D eigenvalue weighted by Gasteiger charge is -2.42. The van der Waals surface area contributed by atoms with Crippen molar-refractivity contribution in [2.45, 2.75) is 32.5 Å². The second-order valence-electron chi connectivity index (χ2n) is 8.69. The molecule has 12 heteroatoms. The Morgan fingerprint density at radius 2 is 1.82 bits per heavy atom. The normalized spacial score (nSPS) is 15.9. The lowest BCUT2D eigenvalue weighted by Crippen LogP contribution is -2.55. The van der Waals surface area contributed by atoms with Crippen LogP contribution in [-0.4, -0.2) is 85.1 Å². The lowest BCUT2D eigenvalue weighted by molar-refractivity contribution is -0.192. The molecule has 0 amide bonds. The summed E-state index contributed by atoms with van der Waals surface area (Å²) >= 11 is 0. The van der Waals surface area contributed by atoms with Crippen LogP contribution in [0.4, 0.5) is 24.5 Å². The number of aliphatic imine (C=N–C) groups is 1. The van der Waals surface area contributed by atoms with Crippen LogP contribution in [0.25, 0.3) is 0 Å². The monoisotopic (exact) mass is 538 g/mol. The van der Waals surface area contributed by atoms with Crippen LogP contribution in [0.2, 0.25) is 0 Å². The van der Waals surface area contributed by atoms with Gasteiger partial charge in [-0.2, -0.15) is 13.2 Å². The number of carbonyl (C=O) groups is 2. The molecule has 1 saturated heterocycles. The van der Waals surface area contributed by atoms with Gasteiger partial charge in [-0.25, -0.2) is 9.59 Å². The SMILES string of the molecule is COCCCN=C(Nc1cccc(C(=O)O)c1)N1CCN(c2cccc(C)c2)C(C)C1.O=C(O)C(F)(F)F. The van der Waals surface area contributed by atoms with E-state index < -0.39 is 18.1 Å². The summed E-state index contributed by atoms with van der Waals surface area (Å²) in [7, 11) is 1.69. The second kappa shape index (κ2) is 14.2. The van der Waals surface area contributed by atoms with Crippen molar-refractivity contribution in [2.24, 2.45) is 4.99 Å². The summed E-state index contributed by atoms with van der Waals surface area (Å²) in [6.45, 7) is 8.17. The predicted octanol–water partition coefficient (Wildman–Crippen LogP) is 4.34. The van der Waals surface area contributed by atoms with Crippen molar-refractivity contribution in [2.75, 3.05) is 50.1 Å². The van der Waals surface area contributed by atoms with E-state index in [2.05, 4.69) is 53.2 Å². The molecule has 0 spiro atoms. The van der Waals surface area contributed by atoms with Gasteiger partial charge in [-0.1, -0.05) is 18.2 Å². The number of hydrogen-bond acceptors (Lipinski definition) is 5. The van der Waals surface area contributed by atoms with Crippen LogP contribution < -0.4 is 10.2 Å². The molecular formula is C26H33F3N4O5.